The number of rotatable bonds is 3. The number of hydrogen-bond donors (Lipinski definition) is 2. The minimum Gasteiger partial charge on any atom is -0.465 e. The van der Waals surface area contributed by atoms with E-state index in [9.17, 15) is 9.18 Å². The van der Waals surface area contributed by atoms with Gasteiger partial charge in [0.15, 0.2) is 0 Å². The lowest BCUT2D eigenvalue weighted by molar-refractivity contribution is -0.115. The number of carbonyl (C=O) groups is 1. The van der Waals surface area contributed by atoms with Gasteiger partial charge < -0.3 is 14.5 Å². The third kappa shape index (κ3) is 3.43. The first-order valence-electron chi connectivity index (χ1n) is 7.05. The molecule has 124 valence electrons. The molecule has 0 radical (unpaired) electrons. The lowest BCUT2D eigenvalue weighted by atomic mass is 10.3. The van der Waals surface area contributed by atoms with E-state index in [2.05, 4.69) is 22.4 Å². The Bertz CT molecular complexity index is 909. The minimum absolute atomic E-state index is 0.134. The molecule has 2 N–H and O–H groups in total. The minimum atomic E-state index is -0.534. The zero-order valence-corrected chi connectivity index (χ0v) is 13.5. The molecule has 0 fully saturated rings. The molecule has 1 aliphatic heterocycles. The van der Waals surface area contributed by atoms with Crippen LogP contribution in [-0.2, 0) is 9.53 Å². The van der Waals surface area contributed by atoms with Gasteiger partial charge in [-0.1, -0.05) is 30.5 Å². The Labute approximate surface area is 141 Å². The number of halogens is 1. The van der Waals surface area contributed by atoms with Crippen LogP contribution in [0.15, 0.2) is 46.1 Å². The summed E-state index contributed by atoms with van der Waals surface area (Å²) in [6, 6.07) is 7.68. The van der Waals surface area contributed by atoms with E-state index >= 15 is 0 Å². The van der Waals surface area contributed by atoms with Crippen LogP contribution >= 0.6 is 11.8 Å². The third-order valence-electron chi connectivity index (χ3n) is 3.21. The molecule has 6 nitrogen and oxygen atoms in total. The van der Waals surface area contributed by atoms with Gasteiger partial charge in [-0.15, -0.1) is 5.10 Å². The van der Waals surface area contributed by atoms with Crippen molar-refractivity contribution in [1.29, 1.82) is 0 Å². The second kappa shape index (κ2) is 6.79. The first-order valence-corrected chi connectivity index (χ1v) is 7.93. The molecule has 1 aliphatic rings. The Morgan fingerprint density at radius 3 is 2.92 bits per heavy atom. The Morgan fingerprint density at radius 1 is 1.42 bits per heavy atom. The van der Waals surface area contributed by atoms with E-state index < -0.39 is 11.1 Å². The highest BCUT2D eigenvalue weighted by atomic mass is 32.2. The summed E-state index contributed by atoms with van der Waals surface area (Å²) < 4.78 is 24.2. The maximum absolute atomic E-state index is 13.6. The number of thioether (sulfide) groups is 1. The maximum Gasteiger partial charge on any atom is 0.275 e. The van der Waals surface area contributed by atoms with Crippen LogP contribution in [0.4, 0.5) is 10.1 Å². The SMILES string of the molecule is C=c1occc1=C1NN=C(SC(C)C(=O)Nc2ccccc2F)O1. The summed E-state index contributed by atoms with van der Waals surface area (Å²) in [6.45, 7) is 5.41. The van der Waals surface area contributed by atoms with E-state index in [1.807, 2.05) is 0 Å². The standard InChI is InChI=1S/C16H14FN3O3S/c1-9-11(7-8-22-9)15-19-20-16(23-15)24-10(2)14(21)18-13-6-4-3-5-12(13)17/h3-8,10,19H,1H2,2H3,(H,18,21). The van der Waals surface area contributed by atoms with Crippen LogP contribution in [-0.4, -0.2) is 16.4 Å². The van der Waals surface area contributed by atoms with Crippen molar-refractivity contribution < 1.29 is 18.3 Å². The highest BCUT2D eigenvalue weighted by molar-refractivity contribution is 8.14. The summed E-state index contributed by atoms with van der Waals surface area (Å²) in [7, 11) is 0. The quantitative estimate of drug-likeness (QED) is 0.881. The molecule has 2 aromatic rings. The smallest absolute Gasteiger partial charge is 0.275 e. The van der Waals surface area contributed by atoms with Gasteiger partial charge in [-0.05, 0) is 25.1 Å². The zero-order valence-electron chi connectivity index (χ0n) is 12.7. The lowest BCUT2D eigenvalue weighted by Crippen LogP contribution is -2.26. The van der Waals surface area contributed by atoms with Gasteiger partial charge in [-0.25, -0.2) is 9.82 Å². The van der Waals surface area contributed by atoms with Crippen LogP contribution in [0, 0.1) is 5.82 Å². The fourth-order valence-electron chi connectivity index (χ4n) is 1.94. The molecule has 0 spiro atoms. The predicted molar refractivity (Wildman–Crippen MR) is 90.6 cm³/mol. The normalized spacial score (nSPS) is 16.8. The Kier molecular flexibility index (Phi) is 4.57. The van der Waals surface area contributed by atoms with E-state index in [1.165, 1.54) is 18.4 Å². The van der Waals surface area contributed by atoms with Crippen LogP contribution in [0.2, 0.25) is 0 Å². The number of furan rings is 1. The van der Waals surface area contributed by atoms with Crippen LogP contribution in [0.25, 0.3) is 12.5 Å². The van der Waals surface area contributed by atoms with E-state index in [1.54, 1.807) is 25.1 Å². The summed E-state index contributed by atoms with van der Waals surface area (Å²) in [5, 5.41) is 6.94. The zero-order chi connectivity index (χ0) is 17.1. The molecule has 24 heavy (non-hydrogen) atoms. The first kappa shape index (κ1) is 16.1. The van der Waals surface area contributed by atoms with Crippen molar-refractivity contribution >= 4 is 41.0 Å². The summed E-state index contributed by atoms with van der Waals surface area (Å²) in [6.07, 6.45) is 1.49. The van der Waals surface area contributed by atoms with Crippen molar-refractivity contribution in [2.24, 2.45) is 5.10 Å². The van der Waals surface area contributed by atoms with Crippen LogP contribution < -0.4 is 21.4 Å². The molecule has 1 unspecified atom stereocenters. The molecule has 8 heteroatoms. The van der Waals surface area contributed by atoms with E-state index in [0.717, 1.165) is 11.8 Å². The number of nitrogens with one attached hydrogen (secondary N) is 2. The maximum atomic E-state index is 13.6. The second-order valence-corrected chi connectivity index (χ2v) is 6.20. The number of hydrogen-bond acceptors (Lipinski definition) is 6. The summed E-state index contributed by atoms with van der Waals surface area (Å²) in [4.78, 5) is 12.2. The van der Waals surface area contributed by atoms with E-state index in [0.29, 0.717) is 16.5 Å². The number of ether oxygens (including phenoxy) is 1. The Morgan fingerprint density at radius 2 is 2.21 bits per heavy atom. The van der Waals surface area contributed by atoms with Crippen LogP contribution in [0.1, 0.15) is 6.92 Å². The van der Waals surface area contributed by atoms with Gasteiger partial charge in [0.25, 0.3) is 5.23 Å². The summed E-state index contributed by atoms with van der Waals surface area (Å²) in [5.41, 5.74) is 3.31. The average molecular weight is 347 g/mol. The van der Waals surface area contributed by atoms with Gasteiger partial charge in [-0.2, -0.15) is 0 Å². The van der Waals surface area contributed by atoms with Gasteiger partial charge in [0.2, 0.25) is 11.8 Å². The lowest BCUT2D eigenvalue weighted by Gasteiger charge is -2.11. The highest BCUT2D eigenvalue weighted by Gasteiger charge is 2.23. The Balaban J connectivity index is 1.63. The molecule has 1 aromatic heterocycles. The van der Waals surface area contributed by atoms with Gasteiger partial charge in [0, 0.05) is 0 Å². The predicted octanol–water partition coefficient (Wildman–Crippen LogP) is 1.55. The van der Waals surface area contributed by atoms with Crippen molar-refractivity contribution in [2.45, 2.75) is 12.2 Å². The van der Waals surface area contributed by atoms with E-state index in [4.69, 9.17) is 9.15 Å². The molecule has 0 saturated carbocycles. The van der Waals surface area contributed by atoms with Crippen LogP contribution in [0.3, 0.4) is 0 Å². The van der Waals surface area contributed by atoms with Gasteiger partial charge in [-0.3, -0.25) is 4.79 Å². The average Bonchev–Trinajstić information content (AvgIpc) is 3.18. The van der Waals surface area contributed by atoms with Crippen LogP contribution in [0.5, 0.6) is 0 Å². The Hall–Kier alpha value is -2.74. The van der Waals surface area contributed by atoms with Gasteiger partial charge >= 0.3 is 0 Å². The monoisotopic (exact) mass is 347 g/mol. The number of amides is 1. The molecular weight excluding hydrogens is 333 g/mol. The molecule has 2 heterocycles. The molecule has 0 bridgehead atoms. The molecule has 1 aromatic carbocycles. The fraction of sp³-hybridized carbons (Fsp3) is 0.125. The first-order chi connectivity index (χ1) is 11.5. The topological polar surface area (TPSA) is 75.9 Å². The number of carbonyl (C=O) groups excluding carboxylic acids is 1. The fourth-order valence-corrected chi connectivity index (χ4v) is 2.64. The van der Waals surface area contributed by atoms with Crippen molar-refractivity contribution in [3.63, 3.8) is 0 Å². The van der Waals surface area contributed by atoms with Crippen molar-refractivity contribution in [2.75, 3.05) is 5.32 Å². The highest BCUT2D eigenvalue weighted by Crippen LogP contribution is 2.21. The molecule has 1 amide bonds. The summed E-state index contributed by atoms with van der Waals surface area (Å²) in [5.74, 6) is -0.457. The summed E-state index contributed by atoms with van der Waals surface area (Å²) >= 11 is 1.11. The van der Waals surface area contributed by atoms with Gasteiger partial charge in [0.1, 0.15) is 11.2 Å². The number of benzene rings is 1. The number of anilines is 1. The molecular formula is C16H14FN3O3S. The molecule has 0 aliphatic carbocycles. The molecule has 3 rings (SSSR count). The number of hydrazone groups is 1. The van der Waals surface area contributed by atoms with Crippen molar-refractivity contribution in [1.82, 2.24) is 5.43 Å². The third-order valence-corrected chi connectivity index (χ3v) is 4.15. The number of nitrogens with zero attached hydrogens (tertiary/aromatic N) is 1. The largest absolute Gasteiger partial charge is 0.465 e. The second-order valence-electron chi connectivity index (χ2n) is 4.91. The van der Waals surface area contributed by atoms with Crippen molar-refractivity contribution in [3.05, 3.63) is 53.0 Å². The van der Waals surface area contributed by atoms with E-state index in [-0.39, 0.29) is 16.8 Å². The molecule has 1 atom stereocenters. The van der Waals surface area contributed by atoms with Crippen molar-refractivity contribution in [3.8, 4) is 0 Å². The molecule has 0 saturated heterocycles. The number of para-hydroxylation sites is 1. The van der Waals surface area contributed by atoms with Gasteiger partial charge in [0.05, 0.1) is 22.4 Å².